The van der Waals surface area contributed by atoms with Crippen molar-refractivity contribution in [3.05, 3.63) is 77.5 Å². The number of nitrogens with zero attached hydrogens (tertiary/aromatic N) is 2. The molecule has 0 spiro atoms. The normalized spacial score (nSPS) is 15.8. The van der Waals surface area contributed by atoms with Crippen LogP contribution < -0.4 is 20.1 Å². The first-order chi connectivity index (χ1) is 17.6. The molecule has 0 fully saturated rings. The lowest BCUT2D eigenvalue weighted by atomic mass is 9.99. The third-order valence-electron chi connectivity index (χ3n) is 5.94. The number of amides is 2. The van der Waals surface area contributed by atoms with E-state index in [0.717, 1.165) is 11.6 Å². The van der Waals surface area contributed by atoms with Crippen molar-refractivity contribution in [1.82, 2.24) is 20.4 Å². The number of carbonyl (C=O) groups is 2. The van der Waals surface area contributed by atoms with Crippen LogP contribution in [0.5, 0.6) is 17.2 Å². The van der Waals surface area contributed by atoms with Crippen molar-refractivity contribution >= 4 is 17.6 Å². The molecule has 10 heteroatoms. The molecule has 2 aliphatic rings. The monoisotopic (exact) mass is 507 g/mol. The van der Waals surface area contributed by atoms with Gasteiger partial charge in [-0.1, -0.05) is 0 Å². The van der Waals surface area contributed by atoms with E-state index in [0.29, 0.717) is 31.0 Å². The highest BCUT2D eigenvalue weighted by molar-refractivity contribution is 6.09. The minimum Gasteiger partial charge on any atom is -0.487 e. The fraction of sp³-hybridized carbons (Fsp3) is 0.296. The SMILES string of the molecule is CN/C=C\C(=N)NC(=O)c1cc(Oc2ccc(C(=O)N3C=CN(C)CC3)c(F)c2)c2c(c1)OC(C)(C)C2. The van der Waals surface area contributed by atoms with E-state index in [1.165, 1.54) is 29.3 Å². The number of hydrogen-bond donors (Lipinski definition) is 3. The van der Waals surface area contributed by atoms with Crippen LogP contribution in [0, 0.1) is 11.2 Å². The largest absolute Gasteiger partial charge is 0.487 e. The Kier molecular flexibility index (Phi) is 7.19. The maximum atomic E-state index is 15.0. The summed E-state index contributed by atoms with van der Waals surface area (Å²) in [6, 6.07) is 7.22. The number of benzene rings is 2. The highest BCUT2D eigenvalue weighted by atomic mass is 19.1. The summed E-state index contributed by atoms with van der Waals surface area (Å²) in [6.45, 7) is 4.95. The Balaban J connectivity index is 1.59. The molecule has 0 saturated heterocycles. The number of nitrogens with one attached hydrogen (secondary N) is 3. The molecule has 2 aliphatic heterocycles. The van der Waals surface area contributed by atoms with E-state index in [1.54, 1.807) is 31.6 Å². The Morgan fingerprint density at radius 2 is 1.97 bits per heavy atom. The molecule has 2 aromatic rings. The number of ether oxygens (including phenoxy) is 2. The second kappa shape index (κ2) is 10.3. The van der Waals surface area contributed by atoms with Crippen molar-refractivity contribution in [2.24, 2.45) is 0 Å². The highest BCUT2D eigenvalue weighted by Crippen LogP contribution is 2.43. The van der Waals surface area contributed by atoms with Gasteiger partial charge < -0.3 is 29.9 Å². The van der Waals surface area contributed by atoms with E-state index >= 15 is 0 Å². The van der Waals surface area contributed by atoms with Crippen LogP contribution in [0.2, 0.25) is 0 Å². The minimum atomic E-state index is -0.707. The van der Waals surface area contributed by atoms with E-state index in [2.05, 4.69) is 10.6 Å². The average Bonchev–Trinajstić information content (AvgIpc) is 3.17. The molecule has 4 rings (SSSR count). The van der Waals surface area contributed by atoms with Crippen LogP contribution in [0.25, 0.3) is 0 Å². The first-order valence-electron chi connectivity index (χ1n) is 11.8. The molecule has 37 heavy (non-hydrogen) atoms. The molecule has 9 nitrogen and oxygen atoms in total. The first-order valence-corrected chi connectivity index (χ1v) is 11.8. The molecule has 0 saturated carbocycles. The molecule has 3 N–H and O–H groups in total. The molecule has 0 unspecified atom stereocenters. The molecular weight excluding hydrogens is 477 g/mol. The number of halogens is 1. The molecule has 0 aliphatic carbocycles. The Bertz CT molecular complexity index is 1300. The maximum absolute atomic E-state index is 15.0. The van der Waals surface area contributed by atoms with E-state index in [1.807, 2.05) is 25.8 Å². The second-order valence-corrected chi connectivity index (χ2v) is 9.50. The Hall–Kier alpha value is -4.34. The number of amidine groups is 1. The zero-order valence-electron chi connectivity index (χ0n) is 21.2. The highest BCUT2D eigenvalue weighted by Gasteiger charge is 2.34. The molecule has 0 atom stereocenters. The van der Waals surface area contributed by atoms with Gasteiger partial charge in [0.05, 0.1) is 5.56 Å². The predicted molar refractivity (Wildman–Crippen MR) is 138 cm³/mol. The summed E-state index contributed by atoms with van der Waals surface area (Å²) in [4.78, 5) is 29.0. The van der Waals surface area contributed by atoms with Gasteiger partial charge in [0.25, 0.3) is 11.8 Å². The van der Waals surface area contributed by atoms with Crippen LogP contribution in [-0.2, 0) is 6.42 Å². The molecule has 2 heterocycles. The van der Waals surface area contributed by atoms with Gasteiger partial charge >= 0.3 is 0 Å². The van der Waals surface area contributed by atoms with Crippen LogP contribution in [0.3, 0.4) is 0 Å². The van der Waals surface area contributed by atoms with E-state index in [-0.39, 0.29) is 22.7 Å². The zero-order valence-corrected chi connectivity index (χ0v) is 21.2. The van der Waals surface area contributed by atoms with Crippen LogP contribution in [0.15, 0.2) is 55.0 Å². The van der Waals surface area contributed by atoms with Crippen LogP contribution in [-0.4, -0.2) is 60.2 Å². The van der Waals surface area contributed by atoms with Crippen LogP contribution in [0.1, 0.15) is 40.1 Å². The van der Waals surface area contributed by atoms with Gasteiger partial charge in [-0.3, -0.25) is 15.0 Å². The summed E-state index contributed by atoms with van der Waals surface area (Å²) in [5.74, 6) is -0.748. The Morgan fingerprint density at radius 1 is 1.19 bits per heavy atom. The van der Waals surface area contributed by atoms with Crippen molar-refractivity contribution < 1.29 is 23.5 Å². The van der Waals surface area contributed by atoms with Gasteiger partial charge in [0.15, 0.2) is 0 Å². The number of carbonyl (C=O) groups excluding carboxylic acids is 2. The van der Waals surface area contributed by atoms with Gasteiger partial charge in [0, 0.05) is 63.2 Å². The van der Waals surface area contributed by atoms with Gasteiger partial charge in [-0.2, -0.15) is 0 Å². The molecule has 2 amide bonds. The van der Waals surface area contributed by atoms with Gasteiger partial charge in [0.2, 0.25) is 0 Å². The topological polar surface area (TPSA) is 107 Å². The van der Waals surface area contributed by atoms with Crippen molar-refractivity contribution in [3.63, 3.8) is 0 Å². The predicted octanol–water partition coefficient (Wildman–Crippen LogP) is 3.63. The lowest BCUT2D eigenvalue weighted by Crippen LogP contribution is -2.36. The third kappa shape index (κ3) is 5.91. The fourth-order valence-corrected chi connectivity index (χ4v) is 4.06. The van der Waals surface area contributed by atoms with E-state index < -0.39 is 23.2 Å². The van der Waals surface area contributed by atoms with Gasteiger partial charge in [-0.15, -0.1) is 0 Å². The number of rotatable bonds is 6. The molecule has 0 radical (unpaired) electrons. The van der Waals surface area contributed by atoms with Crippen LogP contribution in [0.4, 0.5) is 4.39 Å². The summed E-state index contributed by atoms with van der Waals surface area (Å²) in [7, 11) is 3.58. The minimum absolute atomic E-state index is 0.0579. The summed E-state index contributed by atoms with van der Waals surface area (Å²) in [6.07, 6.45) is 6.85. The smallest absolute Gasteiger partial charge is 0.260 e. The maximum Gasteiger partial charge on any atom is 0.260 e. The molecule has 2 aromatic carbocycles. The lowest BCUT2D eigenvalue weighted by Gasteiger charge is -2.27. The van der Waals surface area contributed by atoms with Crippen molar-refractivity contribution in [2.75, 3.05) is 27.2 Å². The third-order valence-corrected chi connectivity index (χ3v) is 5.94. The standard InChI is InChI=1S/C27H30FN5O4/c1-27(2)16-20-22(13-17(14-23(20)37-27)25(34)31-24(29)7-8-30-3)36-18-5-6-19(21(28)15-18)26(35)33-11-9-32(4)10-12-33/h5-9,11,13-15,30H,10,12,16H2,1-4H3,(H2,29,31,34)/b8-7-. The molecular formula is C27H30FN5O4. The number of likely N-dealkylation sites (N-methyl/N-ethyl adjacent to an activating group) is 1. The summed E-state index contributed by atoms with van der Waals surface area (Å²) >= 11 is 0. The quantitative estimate of drug-likeness (QED) is 0.407. The lowest BCUT2D eigenvalue weighted by molar-refractivity contribution is 0.0797. The van der Waals surface area contributed by atoms with Crippen LogP contribution >= 0.6 is 0 Å². The average molecular weight is 508 g/mol. The van der Waals surface area contributed by atoms with Gasteiger partial charge in [-0.05, 0) is 50.4 Å². The van der Waals surface area contributed by atoms with E-state index in [4.69, 9.17) is 14.9 Å². The van der Waals surface area contributed by atoms with Crippen molar-refractivity contribution in [1.29, 1.82) is 5.41 Å². The molecule has 0 aromatic heterocycles. The Morgan fingerprint density at radius 3 is 2.65 bits per heavy atom. The first kappa shape index (κ1) is 25.7. The number of fused-ring (bicyclic) bond motifs is 1. The summed E-state index contributed by atoms with van der Waals surface area (Å²) in [5, 5.41) is 13.1. The summed E-state index contributed by atoms with van der Waals surface area (Å²) < 4.78 is 27.0. The number of hydrogen-bond acceptors (Lipinski definition) is 7. The van der Waals surface area contributed by atoms with Gasteiger partial charge in [-0.25, -0.2) is 4.39 Å². The molecule has 0 bridgehead atoms. The Labute approximate surface area is 215 Å². The second-order valence-electron chi connectivity index (χ2n) is 9.50. The zero-order chi connectivity index (χ0) is 26.7. The summed E-state index contributed by atoms with van der Waals surface area (Å²) in [5.41, 5.74) is 0.394. The van der Waals surface area contributed by atoms with Crippen molar-refractivity contribution in [3.8, 4) is 17.2 Å². The van der Waals surface area contributed by atoms with E-state index in [9.17, 15) is 14.0 Å². The van der Waals surface area contributed by atoms with Gasteiger partial charge in [0.1, 0.15) is 34.5 Å². The fourth-order valence-electron chi connectivity index (χ4n) is 4.06. The van der Waals surface area contributed by atoms with Crippen molar-refractivity contribution in [2.45, 2.75) is 25.9 Å². The molecule has 194 valence electrons.